The number of anilines is 3. The first-order valence-electron chi connectivity index (χ1n) is 18.5. The van der Waals surface area contributed by atoms with Gasteiger partial charge in [0.25, 0.3) is 0 Å². The van der Waals surface area contributed by atoms with Crippen molar-refractivity contribution in [3.63, 3.8) is 0 Å². The Morgan fingerprint density at radius 1 is 0.500 bits per heavy atom. The topological polar surface area (TPSA) is 54.8 Å². The predicted molar refractivity (Wildman–Crippen MR) is 223 cm³/mol. The fraction of sp³-hybridized carbons (Fsp3) is 0.143. The molecule has 264 valence electrons. The molecule has 8 aromatic rings. The zero-order chi connectivity index (χ0) is 37.3. The summed E-state index contributed by atoms with van der Waals surface area (Å²) in [6.45, 7) is 13.4. The van der Waals surface area contributed by atoms with Gasteiger partial charge in [0.2, 0.25) is 0 Å². The fourth-order valence-electron chi connectivity index (χ4n) is 8.15. The van der Waals surface area contributed by atoms with Crippen molar-refractivity contribution in [3.05, 3.63) is 196 Å². The van der Waals surface area contributed by atoms with E-state index in [0.717, 1.165) is 27.9 Å². The quantitative estimate of drug-likeness (QED) is 0.148. The third-order valence-corrected chi connectivity index (χ3v) is 10.4. The summed E-state index contributed by atoms with van der Waals surface area (Å²) in [6.07, 6.45) is 3.36. The van der Waals surface area contributed by atoms with Gasteiger partial charge in [-0.15, -0.1) is 0 Å². The van der Waals surface area contributed by atoms with E-state index in [1.165, 1.54) is 55.5 Å². The summed E-state index contributed by atoms with van der Waals surface area (Å²) in [5.74, 6) is 2.14. The van der Waals surface area contributed by atoms with E-state index < -0.39 is 0 Å². The van der Waals surface area contributed by atoms with Crippen LogP contribution in [0, 0.1) is 41.5 Å². The zero-order valence-corrected chi connectivity index (χ0v) is 31.7. The molecule has 0 unspecified atom stereocenters. The van der Waals surface area contributed by atoms with E-state index in [9.17, 15) is 0 Å². The molecule has 0 aliphatic rings. The molecule has 54 heavy (non-hydrogen) atoms. The average molecular weight is 702 g/mol. The highest BCUT2D eigenvalue weighted by Crippen LogP contribution is 2.42. The van der Waals surface area contributed by atoms with Crippen LogP contribution < -0.4 is 4.90 Å². The number of hydrogen-bond donors (Lipinski definition) is 0. The van der Waals surface area contributed by atoms with Gasteiger partial charge in [-0.2, -0.15) is 0 Å². The second-order valence-electron chi connectivity index (χ2n) is 14.4. The highest BCUT2D eigenvalue weighted by Gasteiger charge is 2.26. The van der Waals surface area contributed by atoms with Crippen molar-refractivity contribution in [1.29, 1.82) is 0 Å². The molecule has 0 aliphatic heterocycles. The summed E-state index contributed by atoms with van der Waals surface area (Å²) in [5, 5.41) is 2.35. The summed E-state index contributed by atoms with van der Waals surface area (Å²) >= 11 is 0. The maximum atomic E-state index is 5.21. The summed E-state index contributed by atoms with van der Waals surface area (Å²) in [4.78, 5) is 21.4. The fourth-order valence-corrected chi connectivity index (χ4v) is 8.15. The van der Waals surface area contributed by atoms with Crippen LogP contribution in [0.15, 0.2) is 146 Å². The van der Waals surface area contributed by atoms with Crippen molar-refractivity contribution < 1.29 is 0 Å². The largest absolute Gasteiger partial charge is 0.279 e. The van der Waals surface area contributed by atoms with Crippen LogP contribution in [-0.4, -0.2) is 19.9 Å². The van der Waals surface area contributed by atoms with Gasteiger partial charge >= 0.3 is 0 Å². The van der Waals surface area contributed by atoms with Crippen molar-refractivity contribution in [2.75, 3.05) is 4.90 Å². The molecule has 5 nitrogen and oxygen atoms in total. The minimum Gasteiger partial charge on any atom is -0.279 e. The summed E-state index contributed by atoms with van der Waals surface area (Å²) < 4.78 is 0. The number of rotatable bonds is 8. The SMILES string of the molecule is Cc1cc(C)c(C(c2ccc(N(c3ccncn3)c3cc(-c4ccc5ccccc5c4)nc(-c4ccccc4)n3)cc2)c2c(C)cc(C)cc2C)c(C)c1. The van der Waals surface area contributed by atoms with Crippen LogP contribution in [-0.2, 0) is 0 Å². The Morgan fingerprint density at radius 2 is 1.11 bits per heavy atom. The van der Waals surface area contributed by atoms with Gasteiger partial charge in [0.05, 0.1) is 5.69 Å². The lowest BCUT2D eigenvalue weighted by atomic mass is 9.77. The van der Waals surface area contributed by atoms with E-state index in [4.69, 9.17) is 15.0 Å². The van der Waals surface area contributed by atoms with Crippen LogP contribution in [0.3, 0.4) is 0 Å². The number of nitrogens with zero attached hydrogens (tertiary/aromatic N) is 5. The molecule has 0 fully saturated rings. The van der Waals surface area contributed by atoms with Crippen LogP contribution in [0.25, 0.3) is 33.4 Å². The number of hydrogen-bond acceptors (Lipinski definition) is 5. The Bertz CT molecular complexity index is 2510. The number of fused-ring (bicyclic) bond motifs is 1. The highest BCUT2D eigenvalue weighted by molar-refractivity contribution is 5.87. The van der Waals surface area contributed by atoms with Crippen LogP contribution in [0.2, 0.25) is 0 Å². The van der Waals surface area contributed by atoms with Gasteiger partial charge < -0.3 is 0 Å². The number of aryl methyl sites for hydroxylation is 6. The summed E-state index contributed by atoms with van der Waals surface area (Å²) in [5.41, 5.74) is 15.5. The van der Waals surface area contributed by atoms with Gasteiger partial charge in [0.15, 0.2) is 5.82 Å². The molecule has 2 aromatic heterocycles. The maximum Gasteiger partial charge on any atom is 0.162 e. The van der Waals surface area contributed by atoms with Gasteiger partial charge in [-0.3, -0.25) is 4.90 Å². The molecule has 5 heteroatoms. The standard InChI is InChI=1S/C49H43N5/c1-31-24-33(3)46(34(4)25-31)48(47-35(5)26-32(2)27-36(47)6)38-18-20-42(21-19-38)54(44-22-23-50-30-51-44)45-29-43(52-49(53-45)39-13-8-7-9-14-39)41-17-16-37-12-10-11-15-40(37)28-41/h7-30,48H,1-6H3. The summed E-state index contributed by atoms with van der Waals surface area (Å²) in [7, 11) is 0. The lowest BCUT2D eigenvalue weighted by Crippen LogP contribution is -2.15. The molecule has 8 rings (SSSR count). The van der Waals surface area contributed by atoms with E-state index in [2.05, 4.69) is 161 Å². The Labute approximate surface area is 318 Å². The molecular formula is C49H43N5. The van der Waals surface area contributed by atoms with Crippen LogP contribution in [0.5, 0.6) is 0 Å². The third-order valence-electron chi connectivity index (χ3n) is 10.4. The Balaban J connectivity index is 1.30. The predicted octanol–water partition coefficient (Wildman–Crippen LogP) is 12.3. The number of benzene rings is 6. The Kier molecular flexibility index (Phi) is 9.31. The monoisotopic (exact) mass is 701 g/mol. The van der Waals surface area contributed by atoms with E-state index in [1.54, 1.807) is 12.5 Å². The van der Waals surface area contributed by atoms with Gasteiger partial charge in [-0.1, -0.05) is 114 Å². The summed E-state index contributed by atoms with van der Waals surface area (Å²) in [6, 6.07) is 47.2. The van der Waals surface area contributed by atoms with E-state index >= 15 is 0 Å². The minimum absolute atomic E-state index is 0.0657. The number of aromatic nitrogens is 4. The molecule has 0 saturated carbocycles. The molecule has 2 heterocycles. The van der Waals surface area contributed by atoms with Gasteiger partial charge in [0, 0.05) is 35.0 Å². The van der Waals surface area contributed by atoms with Crippen molar-refractivity contribution in [1.82, 2.24) is 19.9 Å². The van der Waals surface area contributed by atoms with E-state index in [1.807, 2.05) is 24.3 Å². The lowest BCUT2D eigenvalue weighted by molar-refractivity contribution is 0.919. The van der Waals surface area contributed by atoms with Crippen LogP contribution in [0.1, 0.15) is 56.0 Å². The first-order valence-corrected chi connectivity index (χ1v) is 18.5. The highest BCUT2D eigenvalue weighted by atomic mass is 15.3. The molecule has 0 saturated heterocycles. The molecule has 0 aliphatic carbocycles. The van der Waals surface area contributed by atoms with Crippen molar-refractivity contribution in [2.24, 2.45) is 0 Å². The molecular weight excluding hydrogens is 659 g/mol. The third kappa shape index (κ3) is 6.77. The van der Waals surface area contributed by atoms with E-state index in [0.29, 0.717) is 17.5 Å². The Hall–Kier alpha value is -6.46. The van der Waals surface area contributed by atoms with Gasteiger partial charge in [-0.05, 0) is 116 Å². The van der Waals surface area contributed by atoms with Gasteiger partial charge in [0.1, 0.15) is 18.0 Å². The van der Waals surface area contributed by atoms with Crippen molar-refractivity contribution in [3.8, 4) is 22.6 Å². The van der Waals surface area contributed by atoms with Crippen LogP contribution in [0.4, 0.5) is 17.3 Å². The molecule has 0 N–H and O–H groups in total. The second-order valence-corrected chi connectivity index (χ2v) is 14.4. The molecule has 0 spiro atoms. The lowest BCUT2D eigenvalue weighted by Gasteiger charge is -2.28. The molecule has 0 radical (unpaired) electrons. The average Bonchev–Trinajstić information content (AvgIpc) is 3.17. The minimum atomic E-state index is 0.0657. The normalized spacial score (nSPS) is 11.3. The van der Waals surface area contributed by atoms with Crippen LogP contribution >= 0.6 is 0 Å². The van der Waals surface area contributed by atoms with E-state index in [-0.39, 0.29) is 5.92 Å². The zero-order valence-electron chi connectivity index (χ0n) is 31.7. The van der Waals surface area contributed by atoms with Crippen molar-refractivity contribution in [2.45, 2.75) is 47.5 Å². The smallest absolute Gasteiger partial charge is 0.162 e. The molecule has 0 atom stereocenters. The molecule has 0 bridgehead atoms. The maximum absolute atomic E-state index is 5.21. The van der Waals surface area contributed by atoms with Gasteiger partial charge in [-0.25, -0.2) is 19.9 Å². The molecule has 6 aromatic carbocycles. The molecule has 0 amide bonds. The first kappa shape index (κ1) is 34.6. The Morgan fingerprint density at radius 3 is 1.72 bits per heavy atom. The first-order chi connectivity index (χ1) is 26.2. The van der Waals surface area contributed by atoms with Crippen molar-refractivity contribution >= 4 is 28.1 Å². The second kappa shape index (κ2) is 14.5.